The predicted molar refractivity (Wildman–Crippen MR) is 173 cm³/mol. The number of aryl methyl sites for hydroxylation is 2. The molecule has 0 saturated carbocycles. The van der Waals surface area contributed by atoms with Gasteiger partial charge >= 0.3 is 0 Å². The number of rotatable bonds is 8. The zero-order valence-electron chi connectivity index (χ0n) is 25.6. The standard InChI is InChI=1S/C34H35N7O4/c1-4-5-13-31-37-26-11-7-6-9-25(26)33(43)41(31)29-12-8-10-24(22(29)2)27-20-28(34(44)39(3)38-27)36-30-15-14-23(21-35-30)32(42)40-16-18-45-19-17-40/h6-12,14-15,20-21H,4-5,13,16-19H2,1-3H3,(H,35,36). The van der Waals surface area contributed by atoms with Crippen molar-refractivity contribution in [2.24, 2.45) is 7.05 Å². The van der Waals surface area contributed by atoms with Gasteiger partial charge in [0.1, 0.15) is 17.3 Å². The van der Waals surface area contributed by atoms with Crippen LogP contribution in [0.15, 0.2) is 76.4 Å². The molecule has 0 radical (unpaired) electrons. The van der Waals surface area contributed by atoms with Crippen LogP contribution in [0.4, 0.5) is 11.5 Å². The molecule has 0 bridgehead atoms. The van der Waals surface area contributed by atoms with E-state index >= 15 is 0 Å². The fourth-order valence-electron chi connectivity index (χ4n) is 5.58. The molecule has 0 unspecified atom stereocenters. The zero-order valence-corrected chi connectivity index (χ0v) is 25.6. The number of morpholine rings is 1. The van der Waals surface area contributed by atoms with Crippen molar-refractivity contribution in [3.05, 3.63) is 105 Å². The monoisotopic (exact) mass is 605 g/mol. The summed E-state index contributed by atoms with van der Waals surface area (Å²) in [4.78, 5) is 50.8. The first kappa shape index (κ1) is 29.9. The summed E-state index contributed by atoms with van der Waals surface area (Å²) in [5.41, 5.74) is 3.84. The number of fused-ring (bicyclic) bond motifs is 1. The van der Waals surface area contributed by atoms with Gasteiger partial charge in [-0.1, -0.05) is 37.6 Å². The van der Waals surface area contributed by atoms with Crippen LogP contribution < -0.4 is 16.4 Å². The molecule has 1 N–H and O–H groups in total. The van der Waals surface area contributed by atoms with Gasteiger partial charge in [0.25, 0.3) is 17.0 Å². The Hall–Kier alpha value is -5.16. The molecule has 4 heterocycles. The number of hydrogen-bond donors (Lipinski definition) is 1. The van der Waals surface area contributed by atoms with Crippen LogP contribution >= 0.6 is 0 Å². The number of nitrogens with zero attached hydrogens (tertiary/aromatic N) is 6. The Morgan fingerprint density at radius 3 is 2.56 bits per heavy atom. The normalized spacial score (nSPS) is 13.3. The van der Waals surface area contributed by atoms with Crippen molar-refractivity contribution >= 4 is 28.3 Å². The Morgan fingerprint density at radius 1 is 1.00 bits per heavy atom. The minimum atomic E-state index is -0.334. The largest absolute Gasteiger partial charge is 0.378 e. The molecule has 1 aliphatic heterocycles. The van der Waals surface area contributed by atoms with E-state index in [1.54, 1.807) is 40.8 Å². The Balaban J connectivity index is 1.36. The van der Waals surface area contributed by atoms with Crippen molar-refractivity contribution in [2.45, 2.75) is 33.1 Å². The Kier molecular flexibility index (Phi) is 8.52. The highest BCUT2D eigenvalue weighted by molar-refractivity contribution is 5.94. The molecular weight excluding hydrogens is 570 g/mol. The summed E-state index contributed by atoms with van der Waals surface area (Å²) in [7, 11) is 1.59. The lowest BCUT2D eigenvalue weighted by atomic mass is 10.0. The van der Waals surface area contributed by atoms with Crippen LogP contribution in [0.1, 0.15) is 41.5 Å². The highest BCUT2D eigenvalue weighted by Crippen LogP contribution is 2.28. The van der Waals surface area contributed by atoms with Crippen molar-refractivity contribution in [1.29, 1.82) is 0 Å². The first-order valence-corrected chi connectivity index (χ1v) is 15.1. The summed E-state index contributed by atoms with van der Waals surface area (Å²) in [6, 6.07) is 18.2. The predicted octanol–water partition coefficient (Wildman–Crippen LogP) is 4.41. The Bertz CT molecular complexity index is 1990. The van der Waals surface area contributed by atoms with Gasteiger partial charge in [-0.25, -0.2) is 14.6 Å². The van der Waals surface area contributed by atoms with Gasteiger partial charge in [-0.3, -0.25) is 19.0 Å². The molecule has 1 fully saturated rings. The molecule has 1 amide bonds. The lowest BCUT2D eigenvalue weighted by molar-refractivity contribution is 0.0302. The molecule has 6 rings (SSSR count). The van der Waals surface area contributed by atoms with E-state index < -0.39 is 0 Å². The summed E-state index contributed by atoms with van der Waals surface area (Å²) >= 11 is 0. The maximum Gasteiger partial charge on any atom is 0.290 e. The third-order valence-electron chi connectivity index (χ3n) is 8.06. The van der Waals surface area contributed by atoms with E-state index in [9.17, 15) is 14.4 Å². The summed E-state index contributed by atoms with van der Waals surface area (Å²) in [6.07, 6.45) is 4.04. The molecule has 45 heavy (non-hydrogen) atoms. The summed E-state index contributed by atoms with van der Waals surface area (Å²) in [5, 5.41) is 8.21. The van der Waals surface area contributed by atoms with E-state index in [1.165, 1.54) is 10.9 Å². The van der Waals surface area contributed by atoms with Gasteiger partial charge in [0.15, 0.2) is 0 Å². The number of hydrogen-bond acceptors (Lipinski definition) is 8. The molecule has 5 aromatic rings. The average Bonchev–Trinajstić information content (AvgIpc) is 3.07. The van der Waals surface area contributed by atoms with E-state index in [4.69, 9.17) is 9.72 Å². The number of nitrogens with one attached hydrogen (secondary N) is 1. The summed E-state index contributed by atoms with van der Waals surface area (Å²) < 4.78 is 8.32. The Morgan fingerprint density at radius 2 is 1.80 bits per heavy atom. The number of aromatic nitrogens is 5. The van der Waals surface area contributed by atoms with Gasteiger partial charge in [-0.15, -0.1) is 0 Å². The molecular formula is C34H35N7O4. The molecule has 11 heteroatoms. The van der Waals surface area contributed by atoms with E-state index in [-0.39, 0.29) is 22.7 Å². The number of para-hydroxylation sites is 1. The number of amides is 1. The summed E-state index contributed by atoms with van der Waals surface area (Å²) in [6.45, 7) is 6.18. The van der Waals surface area contributed by atoms with Crippen molar-refractivity contribution < 1.29 is 9.53 Å². The molecule has 3 aromatic heterocycles. The van der Waals surface area contributed by atoms with Gasteiger partial charge in [0.2, 0.25) is 0 Å². The molecule has 1 saturated heterocycles. The van der Waals surface area contributed by atoms with Crippen LogP contribution in [0.2, 0.25) is 0 Å². The van der Waals surface area contributed by atoms with Crippen LogP contribution in [0.3, 0.4) is 0 Å². The average molecular weight is 606 g/mol. The highest BCUT2D eigenvalue weighted by Gasteiger charge is 2.20. The van der Waals surface area contributed by atoms with Gasteiger partial charge in [-0.2, -0.15) is 5.10 Å². The minimum absolute atomic E-state index is 0.103. The first-order chi connectivity index (χ1) is 21.9. The number of pyridine rings is 1. The molecule has 0 aliphatic carbocycles. The summed E-state index contributed by atoms with van der Waals surface area (Å²) in [5.74, 6) is 1.02. The number of carbonyl (C=O) groups is 1. The van der Waals surface area contributed by atoms with Crippen LogP contribution in [-0.4, -0.2) is 61.4 Å². The van der Waals surface area contributed by atoms with E-state index in [0.717, 1.165) is 24.0 Å². The fraction of sp³-hybridized carbons (Fsp3) is 0.294. The lowest BCUT2D eigenvalue weighted by Crippen LogP contribution is -2.40. The van der Waals surface area contributed by atoms with Gasteiger partial charge in [-0.05, 0) is 55.3 Å². The molecule has 0 atom stereocenters. The van der Waals surface area contributed by atoms with Gasteiger partial charge in [0, 0.05) is 38.3 Å². The molecule has 1 aliphatic rings. The Labute approximate surface area is 260 Å². The topological polar surface area (TPSA) is 124 Å². The highest BCUT2D eigenvalue weighted by atomic mass is 16.5. The van der Waals surface area contributed by atoms with Crippen molar-refractivity contribution in [3.63, 3.8) is 0 Å². The third-order valence-corrected chi connectivity index (χ3v) is 8.06. The number of benzene rings is 2. The smallest absolute Gasteiger partial charge is 0.290 e. The van der Waals surface area contributed by atoms with Crippen molar-refractivity contribution in [2.75, 3.05) is 31.6 Å². The number of anilines is 2. The zero-order chi connectivity index (χ0) is 31.5. The van der Waals surface area contributed by atoms with E-state index in [1.807, 2.05) is 43.3 Å². The van der Waals surface area contributed by atoms with E-state index in [2.05, 4.69) is 22.3 Å². The third kappa shape index (κ3) is 5.99. The number of carbonyl (C=O) groups excluding carboxylic acids is 1. The van der Waals surface area contributed by atoms with Gasteiger partial charge < -0.3 is 15.0 Å². The quantitative estimate of drug-likeness (QED) is 0.276. The lowest BCUT2D eigenvalue weighted by Gasteiger charge is -2.26. The molecule has 230 valence electrons. The second kappa shape index (κ2) is 12.8. The van der Waals surface area contributed by atoms with Crippen LogP contribution in [0.5, 0.6) is 0 Å². The maximum absolute atomic E-state index is 13.8. The minimum Gasteiger partial charge on any atom is -0.378 e. The first-order valence-electron chi connectivity index (χ1n) is 15.1. The van der Waals surface area contributed by atoms with Crippen LogP contribution in [0, 0.1) is 6.92 Å². The second-order valence-corrected chi connectivity index (χ2v) is 11.1. The molecule has 0 spiro atoms. The van der Waals surface area contributed by atoms with Crippen LogP contribution in [0.25, 0.3) is 27.8 Å². The van der Waals surface area contributed by atoms with Crippen LogP contribution in [-0.2, 0) is 18.2 Å². The maximum atomic E-state index is 13.8. The molecule has 2 aromatic carbocycles. The number of unbranched alkanes of at least 4 members (excludes halogenated alkanes) is 1. The molecule has 11 nitrogen and oxygen atoms in total. The number of ether oxygens (including phenoxy) is 1. The van der Waals surface area contributed by atoms with Crippen molar-refractivity contribution in [1.82, 2.24) is 29.2 Å². The second-order valence-electron chi connectivity index (χ2n) is 11.1. The van der Waals surface area contributed by atoms with Gasteiger partial charge in [0.05, 0.1) is 41.1 Å². The van der Waals surface area contributed by atoms with Crippen molar-refractivity contribution in [3.8, 4) is 16.9 Å². The fourth-order valence-corrected chi connectivity index (χ4v) is 5.58. The van der Waals surface area contributed by atoms with E-state index in [0.29, 0.717) is 72.2 Å². The SMILES string of the molecule is CCCCc1nc2ccccc2c(=O)n1-c1cccc(-c2cc(Nc3ccc(C(=O)N4CCOCC4)cn3)c(=O)n(C)n2)c1C.